The maximum absolute atomic E-state index is 15.4. The number of aromatic amines is 1. The van der Waals surface area contributed by atoms with Gasteiger partial charge in [0.25, 0.3) is 5.56 Å². The van der Waals surface area contributed by atoms with E-state index >= 15 is 4.39 Å². The van der Waals surface area contributed by atoms with Crippen LogP contribution in [-0.4, -0.2) is 22.0 Å². The number of aryl methyl sites for hydroxylation is 1. The zero-order chi connectivity index (χ0) is 28.3. The van der Waals surface area contributed by atoms with Crippen molar-refractivity contribution in [3.05, 3.63) is 86.6 Å². The van der Waals surface area contributed by atoms with Gasteiger partial charge >= 0.3 is 6.18 Å². The molecule has 0 spiro atoms. The van der Waals surface area contributed by atoms with E-state index in [-0.39, 0.29) is 42.0 Å². The highest BCUT2D eigenvalue weighted by Gasteiger charge is 2.37. The quantitative estimate of drug-likeness (QED) is 0.375. The van der Waals surface area contributed by atoms with Crippen molar-refractivity contribution >= 4 is 5.91 Å². The molecule has 0 bridgehead atoms. The molecule has 0 radical (unpaired) electrons. The van der Waals surface area contributed by atoms with Crippen molar-refractivity contribution in [2.24, 2.45) is 5.92 Å². The number of halogens is 6. The van der Waals surface area contributed by atoms with E-state index in [1.165, 1.54) is 13.0 Å². The molecule has 12 heteroatoms. The Morgan fingerprint density at radius 3 is 2.38 bits per heavy atom. The van der Waals surface area contributed by atoms with Crippen LogP contribution in [0.15, 0.2) is 41.2 Å². The fourth-order valence-electron chi connectivity index (χ4n) is 4.59. The van der Waals surface area contributed by atoms with Crippen molar-refractivity contribution in [2.45, 2.75) is 58.0 Å². The summed E-state index contributed by atoms with van der Waals surface area (Å²) >= 11 is 0. The highest BCUT2D eigenvalue weighted by atomic mass is 19.4. The van der Waals surface area contributed by atoms with Crippen molar-refractivity contribution in [3.8, 4) is 11.4 Å². The molecule has 1 aliphatic rings. The minimum absolute atomic E-state index is 0.0375. The molecule has 2 aromatic carbocycles. The van der Waals surface area contributed by atoms with E-state index in [0.717, 1.165) is 24.3 Å². The molecular weight excluding hydrogens is 528 g/mol. The second-order valence-corrected chi connectivity index (χ2v) is 9.43. The Balaban J connectivity index is 1.39. The summed E-state index contributed by atoms with van der Waals surface area (Å²) in [6, 6.07) is 5.92. The molecule has 0 unspecified atom stereocenters. The van der Waals surface area contributed by atoms with E-state index in [1.54, 1.807) is 0 Å². The van der Waals surface area contributed by atoms with Crippen LogP contribution in [0.5, 0.6) is 0 Å². The first-order chi connectivity index (χ1) is 18.4. The van der Waals surface area contributed by atoms with Gasteiger partial charge in [-0.15, -0.1) is 0 Å². The van der Waals surface area contributed by atoms with E-state index in [2.05, 4.69) is 15.3 Å². The van der Waals surface area contributed by atoms with Crippen molar-refractivity contribution in [2.75, 3.05) is 0 Å². The number of carbonyl (C=O) groups is 1. The predicted octanol–water partition coefficient (Wildman–Crippen LogP) is 5.57. The van der Waals surface area contributed by atoms with Gasteiger partial charge in [0.15, 0.2) is 0 Å². The lowest BCUT2D eigenvalue weighted by Gasteiger charge is -2.28. The molecule has 0 aliphatic heterocycles. The normalized spacial score (nSPS) is 17.7. The molecule has 6 nitrogen and oxygen atoms in total. The van der Waals surface area contributed by atoms with E-state index in [4.69, 9.17) is 4.74 Å². The zero-order valence-corrected chi connectivity index (χ0v) is 20.8. The van der Waals surface area contributed by atoms with Crippen LogP contribution in [0.25, 0.3) is 11.4 Å². The molecule has 4 rings (SSSR count). The molecule has 3 aromatic rings. The monoisotopic (exact) mass is 553 g/mol. The van der Waals surface area contributed by atoms with Crippen LogP contribution in [0, 0.1) is 30.3 Å². The molecule has 208 valence electrons. The molecule has 1 amide bonds. The summed E-state index contributed by atoms with van der Waals surface area (Å²) in [6.07, 6.45) is -3.24. The molecule has 0 saturated heterocycles. The smallest absolute Gasteiger partial charge is 0.373 e. The summed E-state index contributed by atoms with van der Waals surface area (Å²) in [4.78, 5) is 30.5. The van der Waals surface area contributed by atoms with Crippen LogP contribution in [0.1, 0.15) is 48.1 Å². The molecule has 39 heavy (non-hydrogen) atoms. The summed E-state index contributed by atoms with van der Waals surface area (Å²) in [6.45, 7) is 0.991. The largest absolute Gasteiger partial charge is 0.417 e. The maximum atomic E-state index is 15.4. The summed E-state index contributed by atoms with van der Waals surface area (Å²) < 4.78 is 88.8. The van der Waals surface area contributed by atoms with Crippen molar-refractivity contribution < 1.29 is 35.9 Å². The van der Waals surface area contributed by atoms with Gasteiger partial charge in [-0.25, -0.2) is 18.2 Å². The number of nitrogens with one attached hydrogen (secondary N) is 2. The minimum Gasteiger partial charge on any atom is -0.373 e. The van der Waals surface area contributed by atoms with Crippen LogP contribution in [0.3, 0.4) is 0 Å². The Labute approximate surface area is 219 Å². The molecule has 0 atom stereocenters. The average molecular weight is 554 g/mol. The summed E-state index contributed by atoms with van der Waals surface area (Å²) in [5.41, 5.74) is -2.80. The second kappa shape index (κ2) is 11.6. The molecule has 2 N–H and O–H groups in total. The third-order valence-electron chi connectivity index (χ3n) is 6.62. The van der Waals surface area contributed by atoms with Gasteiger partial charge in [-0.3, -0.25) is 9.59 Å². The van der Waals surface area contributed by atoms with Crippen LogP contribution in [0.2, 0.25) is 0 Å². The number of nitrogens with zero attached hydrogens (tertiary/aromatic N) is 1. The average Bonchev–Trinajstić information content (AvgIpc) is 2.86. The Hall–Kier alpha value is -3.67. The molecule has 1 aromatic heterocycles. The van der Waals surface area contributed by atoms with Crippen molar-refractivity contribution in [1.82, 2.24) is 15.3 Å². The minimum atomic E-state index is -4.91. The number of hydrogen-bond acceptors (Lipinski definition) is 4. The Morgan fingerprint density at radius 2 is 1.74 bits per heavy atom. The predicted molar refractivity (Wildman–Crippen MR) is 129 cm³/mol. The van der Waals surface area contributed by atoms with Crippen molar-refractivity contribution in [1.29, 1.82) is 0 Å². The number of rotatable bonds is 7. The fraction of sp³-hybridized carbons (Fsp3) is 0.370. The standard InChI is InChI=1S/C27H25F6N3O3/c1-14-10-22(37)36-25(35-14)23-20(27(31,32)33)9-5-16(24(23)30)12-34-26(38)15-3-7-19(8-4-15)39-13-17-2-6-18(28)11-21(17)29/h2,5-6,9-11,15,19H,3-4,7-8,12-13H2,1H3,(H,34,38)(H,35,36,37). The Bertz CT molecular complexity index is 1410. The number of ether oxygens (including phenoxy) is 1. The second-order valence-electron chi connectivity index (χ2n) is 9.43. The number of H-pyrrole nitrogens is 1. The highest BCUT2D eigenvalue weighted by molar-refractivity contribution is 5.78. The van der Waals surface area contributed by atoms with Gasteiger partial charge in [0, 0.05) is 41.4 Å². The lowest BCUT2D eigenvalue weighted by atomic mass is 9.86. The third kappa shape index (κ3) is 6.86. The molecular formula is C27H25F6N3O3. The highest BCUT2D eigenvalue weighted by Crippen LogP contribution is 2.38. The lowest BCUT2D eigenvalue weighted by molar-refractivity contribution is -0.137. The van der Waals surface area contributed by atoms with E-state index in [0.29, 0.717) is 31.7 Å². The first-order valence-electron chi connectivity index (χ1n) is 12.2. The number of alkyl halides is 3. The fourth-order valence-corrected chi connectivity index (χ4v) is 4.59. The number of hydrogen-bond donors (Lipinski definition) is 2. The van der Waals surface area contributed by atoms with Crippen LogP contribution < -0.4 is 10.9 Å². The van der Waals surface area contributed by atoms with Gasteiger partial charge in [0.05, 0.1) is 23.8 Å². The summed E-state index contributed by atoms with van der Waals surface area (Å²) in [7, 11) is 0. The van der Waals surface area contributed by atoms with Crippen LogP contribution >= 0.6 is 0 Å². The molecule has 1 aliphatic carbocycles. The van der Waals surface area contributed by atoms with E-state index in [9.17, 15) is 31.5 Å². The van der Waals surface area contributed by atoms with Gasteiger partial charge < -0.3 is 15.0 Å². The first-order valence-corrected chi connectivity index (χ1v) is 12.2. The Kier molecular flexibility index (Phi) is 8.43. The van der Waals surface area contributed by atoms with Crippen LogP contribution in [0.4, 0.5) is 26.3 Å². The first kappa shape index (κ1) is 28.3. The number of amides is 1. The van der Waals surface area contributed by atoms with E-state index < -0.39 is 52.1 Å². The molecule has 1 fully saturated rings. The van der Waals surface area contributed by atoms with Gasteiger partial charge in [0.1, 0.15) is 23.3 Å². The topological polar surface area (TPSA) is 84.1 Å². The molecule has 1 heterocycles. The van der Waals surface area contributed by atoms with Gasteiger partial charge in [0.2, 0.25) is 5.91 Å². The summed E-state index contributed by atoms with van der Waals surface area (Å²) in [5, 5.41) is 2.58. The molecule has 1 saturated carbocycles. The van der Waals surface area contributed by atoms with Crippen molar-refractivity contribution in [3.63, 3.8) is 0 Å². The maximum Gasteiger partial charge on any atom is 0.417 e. The van der Waals surface area contributed by atoms with Gasteiger partial charge in [-0.1, -0.05) is 12.1 Å². The lowest BCUT2D eigenvalue weighted by Crippen LogP contribution is -2.34. The van der Waals surface area contributed by atoms with Gasteiger partial charge in [-0.05, 0) is 44.7 Å². The van der Waals surface area contributed by atoms with E-state index in [1.807, 2.05) is 0 Å². The van der Waals surface area contributed by atoms with Gasteiger partial charge in [-0.2, -0.15) is 13.2 Å². The summed E-state index contributed by atoms with van der Waals surface area (Å²) in [5.74, 6) is -4.00. The number of aromatic nitrogens is 2. The SMILES string of the molecule is Cc1cc(=O)[nH]c(-c2c(C(F)(F)F)ccc(CNC(=O)C3CCC(OCc4ccc(F)cc4F)CC3)c2F)n1. The Morgan fingerprint density at radius 1 is 1.05 bits per heavy atom. The third-order valence-corrected chi connectivity index (χ3v) is 6.62. The number of benzene rings is 2. The zero-order valence-electron chi connectivity index (χ0n) is 20.8. The van der Waals surface area contributed by atoms with Crippen LogP contribution in [-0.2, 0) is 28.9 Å². The number of carbonyl (C=O) groups excluding carboxylic acids is 1.